The minimum atomic E-state index is -2.75. The first-order valence-electron chi connectivity index (χ1n) is 23.1. The normalized spacial score (nSPS) is 17.8. The Balaban J connectivity index is 1.40. The van der Waals surface area contributed by atoms with Gasteiger partial charge in [0.1, 0.15) is 21.0 Å². The first-order valence-corrected chi connectivity index (χ1v) is 24.8. The third-order valence-electron chi connectivity index (χ3n) is 11.6. The zero-order chi connectivity index (χ0) is 55.3. The Morgan fingerprint density at radius 3 is 1.14 bits per heavy atom. The van der Waals surface area contributed by atoms with Crippen LogP contribution in [0, 0.1) is 0 Å². The second kappa shape index (κ2) is 22.0. The Bertz CT molecular complexity index is 2960. The van der Waals surface area contributed by atoms with Gasteiger partial charge in [-0.1, -0.05) is 24.3 Å². The maximum Gasteiger partial charge on any atom is 0.412 e. The van der Waals surface area contributed by atoms with Crippen LogP contribution in [0.5, 0.6) is 23.0 Å². The molecule has 1 saturated carbocycles. The summed E-state index contributed by atoms with van der Waals surface area (Å²) in [6.45, 7) is 10.0. The smallest absolute Gasteiger partial charge is 0.412 e. The number of methoxy groups -OCH3 is 2. The van der Waals surface area contributed by atoms with Gasteiger partial charge in [-0.25, -0.2) is 28.8 Å². The Morgan fingerprint density at radius 1 is 0.500 bits per heavy atom. The topological polar surface area (TPSA) is 281 Å². The minimum Gasteiger partial charge on any atom is -0.493 e. The van der Waals surface area contributed by atoms with Crippen molar-refractivity contribution in [3.63, 3.8) is 0 Å². The molecule has 0 unspecified atom stereocenters. The minimum absolute atomic E-state index is 0.142. The zero-order valence-corrected chi connectivity index (χ0v) is 43.8. The number of thiophene rings is 2. The maximum atomic E-state index is 14.7. The first-order chi connectivity index (χ1) is 35.9. The number of nitrogens with one attached hydrogen (secondary N) is 4. The number of carbonyl (C=O) groups is 8. The summed E-state index contributed by atoms with van der Waals surface area (Å²) in [4.78, 5) is 111. The van der Waals surface area contributed by atoms with Crippen LogP contribution in [0.15, 0.2) is 120 Å². The average molecular weight is 1080 g/mol. The van der Waals surface area contributed by atoms with Crippen molar-refractivity contribution in [3.05, 3.63) is 152 Å². The van der Waals surface area contributed by atoms with Gasteiger partial charge in [-0.3, -0.25) is 20.2 Å². The summed E-state index contributed by atoms with van der Waals surface area (Å²) in [7, 11) is 2.46. The van der Waals surface area contributed by atoms with Crippen molar-refractivity contribution in [2.45, 2.75) is 75.7 Å². The molecular weight excluding hydrogens is 1020 g/mol. The maximum absolute atomic E-state index is 14.7. The Morgan fingerprint density at radius 2 is 0.855 bits per heavy atom. The van der Waals surface area contributed by atoms with Crippen LogP contribution in [-0.4, -0.2) is 94.6 Å². The molecule has 2 aromatic heterocycles. The summed E-state index contributed by atoms with van der Waals surface area (Å²) in [6.07, 6.45) is -1.58. The fraction of sp³-hybridized carbons (Fsp3) is 0.259. The third kappa shape index (κ3) is 11.8. The molecule has 1 aliphatic carbocycles. The van der Waals surface area contributed by atoms with Gasteiger partial charge in [0, 0.05) is 22.5 Å². The Hall–Kier alpha value is -8.76. The van der Waals surface area contributed by atoms with Gasteiger partial charge in [-0.2, -0.15) is 0 Å². The van der Waals surface area contributed by atoms with Crippen LogP contribution in [0.2, 0.25) is 0 Å². The van der Waals surface area contributed by atoms with Crippen LogP contribution < -0.4 is 40.2 Å². The van der Waals surface area contributed by atoms with Crippen LogP contribution in [-0.2, 0) is 19.1 Å². The standard InChI is InChI=1S/C54H52N4O16S2/c1-51(2,3)73-49(67)55-33-19-13-29(14-20-33)43(59)57-53(47(63)64)41(31-17-23-35(37(27-31)69-7)71-45(61)39-11-9-25-75-39)54(48(65)66,58-44(60)30-15-21-34(22-16-30)56-50(68)74-52(4,5)6)42(53)32-18-24-36(38(28-32)70-8)72-46(62)40-12-10-26-76-40/h9-28,41-42H,1-8H3,(H,55,67)(H,56,68)(H,57,59)(H,58,60)(H,63,64)(H,65,66). The van der Waals surface area contributed by atoms with Crippen LogP contribution in [0.3, 0.4) is 0 Å². The van der Waals surface area contributed by atoms with E-state index in [1.54, 1.807) is 64.4 Å². The Labute approximate surface area is 443 Å². The van der Waals surface area contributed by atoms with Crippen LogP contribution >= 0.6 is 22.7 Å². The largest absolute Gasteiger partial charge is 0.493 e. The number of carbonyl (C=O) groups excluding carboxylic acids is 6. The number of aliphatic carboxylic acids is 2. The molecule has 4 amide bonds. The van der Waals surface area contributed by atoms with Gasteiger partial charge in [-0.05, 0) is 148 Å². The predicted molar refractivity (Wildman–Crippen MR) is 278 cm³/mol. The van der Waals surface area contributed by atoms with Crippen molar-refractivity contribution in [2.75, 3.05) is 24.9 Å². The lowest BCUT2D eigenvalue weighted by atomic mass is 9.43. The van der Waals surface area contributed by atoms with Gasteiger partial charge in [0.15, 0.2) is 34.1 Å². The van der Waals surface area contributed by atoms with Gasteiger partial charge in [0.2, 0.25) is 0 Å². The van der Waals surface area contributed by atoms with E-state index in [2.05, 4.69) is 21.3 Å². The van der Waals surface area contributed by atoms with Gasteiger partial charge < -0.3 is 49.3 Å². The van der Waals surface area contributed by atoms with E-state index in [0.29, 0.717) is 0 Å². The summed E-state index contributed by atoms with van der Waals surface area (Å²) < 4.78 is 33.3. The number of carboxylic acid groups (broad SMARTS) is 2. The summed E-state index contributed by atoms with van der Waals surface area (Å²) in [5, 5.41) is 37.3. The molecule has 22 heteroatoms. The highest BCUT2D eigenvalue weighted by atomic mass is 32.1. The molecule has 76 heavy (non-hydrogen) atoms. The molecule has 2 heterocycles. The molecule has 0 bridgehead atoms. The van der Waals surface area contributed by atoms with Crippen LogP contribution in [0.1, 0.15) is 105 Å². The third-order valence-corrected chi connectivity index (χ3v) is 13.3. The molecule has 6 N–H and O–H groups in total. The molecular formula is C54H52N4O16S2. The molecule has 1 aliphatic rings. The van der Waals surface area contributed by atoms with Crippen LogP contribution in [0.25, 0.3) is 0 Å². The Kier molecular flexibility index (Phi) is 15.9. The number of anilines is 2. The molecule has 0 spiro atoms. The molecule has 396 valence electrons. The van der Waals surface area contributed by atoms with E-state index < -0.39 is 82.0 Å². The molecule has 0 aliphatic heterocycles. The highest BCUT2D eigenvalue weighted by Gasteiger charge is 2.80. The molecule has 0 saturated heterocycles. The van der Waals surface area contributed by atoms with E-state index in [4.69, 9.17) is 28.4 Å². The monoisotopic (exact) mass is 1080 g/mol. The van der Waals surface area contributed by atoms with E-state index in [0.717, 1.165) is 22.7 Å². The molecule has 20 nitrogen and oxygen atoms in total. The highest BCUT2D eigenvalue weighted by molar-refractivity contribution is 7.12. The zero-order valence-electron chi connectivity index (χ0n) is 42.1. The van der Waals surface area contributed by atoms with Crippen molar-refractivity contribution < 1.29 is 77.0 Å². The van der Waals surface area contributed by atoms with Crippen molar-refractivity contribution in [2.24, 2.45) is 0 Å². The van der Waals surface area contributed by atoms with Crippen molar-refractivity contribution in [1.82, 2.24) is 10.6 Å². The SMILES string of the molecule is COc1cc(C2C(NC(=O)c3ccc(NC(=O)OC(C)(C)C)cc3)(C(=O)O)C(c3ccc(OC(=O)c4cccs4)c(OC)c3)C2(NC(=O)c2ccc(NC(=O)OC(C)(C)C)cc2)C(=O)O)ccc1OC(=O)c1cccs1. The van der Waals surface area contributed by atoms with Gasteiger partial charge in [-0.15, -0.1) is 22.7 Å². The second-order valence-corrected chi connectivity index (χ2v) is 21.0. The molecule has 1 fully saturated rings. The lowest BCUT2D eigenvalue weighted by Gasteiger charge is -2.64. The lowest BCUT2D eigenvalue weighted by molar-refractivity contribution is -0.171. The number of benzene rings is 4. The number of carboxylic acids is 2. The van der Waals surface area contributed by atoms with E-state index in [9.17, 15) is 48.6 Å². The number of amides is 4. The van der Waals surface area contributed by atoms with E-state index >= 15 is 0 Å². The summed E-state index contributed by atoms with van der Waals surface area (Å²) in [6, 6.07) is 24.4. The molecule has 4 aromatic carbocycles. The highest BCUT2D eigenvalue weighted by Crippen LogP contribution is 2.64. The molecule has 7 rings (SSSR count). The summed E-state index contributed by atoms with van der Waals surface area (Å²) in [5.41, 5.74) is -7.34. The van der Waals surface area contributed by atoms with Crippen molar-refractivity contribution in [3.8, 4) is 23.0 Å². The van der Waals surface area contributed by atoms with Crippen molar-refractivity contribution in [1.29, 1.82) is 0 Å². The second-order valence-electron chi connectivity index (χ2n) is 19.1. The van der Waals surface area contributed by atoms with Gasteiger partial charge in [0.05, 0.1) is 26.1 Å². The van der Waals surface area contributed by atoms with Crippen molar-refractivity contribution >= 4 is 81.9 Å². The number of rotatable bonds is 16. The van der Waals surface area contributed by atoms with E-state index in [-0.39, 0.29) is 66.4 Å². The number of hydrogen-bond acceptors (Lipinski definition) is 16. The van der Waals surface area contributed by atoms with E-state index in [1.165, 1.54) is 111 Å². The lowest BCUT2D eigenvalue weighted by Crippen LogP contribution is -2.86. The summed E-state index contributed by atoms with van der Waals surface area (Å²) in [5.74, 6) is -11.7. The number of esters is 2. The average Bonchev–Trinajstić information content (AvgIpc) is 4.20. The fourth-order valence-electron chi connectivity index (χ4n) is 8.66. The van der Waals surface area contributed by atoms with Gasteiger partial charge in [0.25, 0.3) is 11.8 Å². The number of hydrogen-bond donors (Lipinski definition) is 6. The first kappa shape index (κ1) is 55.0. The summed E-state index contributed by atoms with van der Waals surface area (Å²) >= 11 is 2.21. The molecule has 0 atom stereocenters. The molecule has 6 aromatic rings. The molecule has 0 radical (unpaired) electrons. The fourth-order valence-corrected chi connectivity index (χ4v) is 9.85. The van der Waals surface area contributed by atoms with Gasteiger partial charge >= 0.3 is 36.1 Å². The van der Waals surface area contributed by atoms with E-state index in [1.807, 2.05) is 0 Å². The predicted octanol–water partition coefficient (Wildman–Crippen LogP) is 9.35. The number of ether oxygens (including phenoxy) is 6. The van der Waals surface area contributed by atoms with Crippen LogP contribution in [0.4, 0.5) is 21.0 Å². The quantitative estimate of drug-likeness (QED) is 0.0389.